The second-order valence-electron chi connectivity index (χ2n) is 4.48. The zero-order valence-corrected chi connectivity index (χ0v) is 10.1. The number of phenols is 1. The Morgan fingerprint density at radius 1 is 1.35 bits per heavy atom. The highest BCUT2D eigenvalue weighted by Crippen LogP contribution is 2.48. The van der Waals surface area contributed by atoms with Gasteiger partial charge in [0.2, 0.25) is 0 Å². The molecule has 0 saturated heterocycles. The molecule has 1 N–H and O–H groups in total. The van der Waals surface area contributed by atoms with Gasteiger partial charge in [0.15, 0.2) is 11.5 Å². The fraction of sp³-hybridized carbons (Fsp3) is 0.455. The third-order valence-electron chi connectivity index (χ3n) is 2.40. The molecule has 0 aromatic heterocycles. The lowest BCUT2D eigenvalue weighted by Gasteiger charge is -2.16. The number of fused-ring (bicyclic) bond motifs is 1. The molecule has 6 heteroatoms. The van der Waals surface area contributed by atoms with Gasteiger partial charge in [-0.1, -0.05) is 0 Å². The first kappa shape index (κ1) is 12.4. The minimum absolute atomic E-state index is 0.0934. The topological polar surface area (TPSA) is 29.5 Å². The van der Waals surface area contributed by atoms with Gasteiger partial charge in [-0.3, -0.25) is 0 Å². The molecule has 1 aliphatic heterocycles. The molecule has 0 fully saturated rings. The van der Waals surface area contributed by atoms with Crippen LogP contribution in [0.2, 0.25) is 0 Å². The van der Waals surface area contributed by atoms with Crippen LogP contribution in [0.5, 0.6) is 11.5 Å². The summed E-state index contributed by atoms with van der Waals surface area (Å²) in [6, 6.07) is 2.51. The fourth-order valence-corrected chi connectivity index (χ4v) is 2.51. The maximum Gasteiger partial charge on any atom is 0.446 e. The highest BCUT2D eigenvalue weighted by atomic mass is 32.2. The molecule has 1 heterocycles. The van der Waals surface area contributed by atoms with Gasteiger partial charge in [-0.05, 0) is 37.7 Å². The Hall–Kier alpha value is -1.04. The summed E-state index contributed by atoms with van der Waals surface area (Å²) in [7, 11) is 0. The second-order valence-corrected chi connectivity index (χ2v) is 5.58. The van der Waals surface area contributed by atoms with Gasteiger partial charge < -0.3 is 9.84 Å². The Morgan fingerprint density at radius 2 is 2.00 bits per heavy atom. The molecule has 17 heavy (non-hydrogen) atoms. The van der Waals surface area contributed by atoms with Gasteiger partial charge >= 0.3 is 5.51 Å². The summed E-state index contributed by atoms with van der Waals surface area (Å²) in [4.78, 5) is 0.0934. The summed E-state index contributed by atoms with van der Waals surface area (Å²) in [6.07, 6.45) is 0.356. The molecule has 0 radical (unpaired) electrons. The molecule has 0 spiro atoms. The van der Waals surface area contributed by atoms with Crippen LogP contribution >= 0.6 is 11.8 Å². The number of alkyl halides is 3. The van der Waals surface area contributed by atoms with Crippen molar-refractivity contribution in [3.8, 4) is 11.5 Å². The van der Waals surface area contributed by atoms with Crippen molar-refractivity contribution in [3.05, 3.63) is 17.7 Å². The van der Waals surface area contributed by atoms with Gasteiger partial charge in [-0.15, -0.1) is 0 Å². The summed E-state index contributed by atoms with van der Waals surface area (Å²) in [5, 5.41) is 9.57. The van der Waals surface area contributed by atoms with Crippen LogP contribution in [0.25, 0.3) is 0 Å². The predicted octanol–water partition coefficient (Wildman–Crippen LogP) is 3.72. The first-order chi connectivity index (χ1) is 7.68. The molecule has 1 aliphatic rings. The normalized spacial score (nSPS) is 17.7. The van der Waals surface area contributed by atoms with Crippen LogP contribution in [0.3, 0.4) is 0 Å². The maximum absolute atomic E-state index is 12.4. The van der Waals surface area contributed by atoms with Gasteiger partial charge in [-0.2, -0.15) is 13.2 Å². The molecular formula is C11H11F3O2S. The monoisotopic (exact) mass is 264 g/mol. The van der Waals surface area contributed by atoms with Gasteiger partial charge in [-0.25, -0.2) is 0 Å². The SMILES string of the molecule is CC1(C)Cc2c(SC(F)(F)F)ccc(O)c2O1. The average Bonchev–Trinajstić information content (AvgIpc) is 2.45. The first-order valence-corrected chi connectivity index (χ1v) is 5.79. The highest BCUT2D eigenvalue weighted by molar-refractivity contribution is 8.00. The summed E-state index contributed by atoms with van der Waals surface area (Å²) in [6.45, 7) is 3.54. The number of aromatic hydroxyl groups is 1. The zero-order valence-electron chi connectivity index (χ0n) is 9.26. The van der Waals surface area contributed by atoms with E-state index in [1.54, 1.807) is 13.8 Å². The van der Waals surface area contributed by atoms with Crippen molar-refractivity contribution in [2.75, 3.05) is 0 Å². The third kappa shape index (κ3) is 2.62. The van der Waals surface area contributed by atoms with Crippen molar-refractivity contribution in [1.29, 1.82) is 0 Å². The van der Waals surface area contributed by atoms with Gasteiger partial charge in [0.1, 0.15) is 5.60 Å². The van der Waals surface area contributed by atoms with E-state index in [2.05, 4.69) is 0 Å². The minimum Gasteiger partial charge on any atom is -0.504 e. The number of phenolic OH excluding ortho intramolecular Hbond substituents is 1. The molecule has 1 aromatic rings. The van der Waals surface area contributed by atoms with Crippen LogP contribution in [0.1, 0.15) is 19.4 Å². The quantitative estimate of drug-likeness (QED) is 0.784. The van der Waals surface area contributed by atoms with Crippen LogP contribution in [0, 0.1) is 0 Å². The van der Waals surface area contributed by atoms with Crippen LogP contribution in [-0.2, 0) is 6.42 Å². The number of ether oxygens (including phenoxy) is 1. The van der Waals surface area contributed by atoms with E-state index in [9.17, 15) is 18.3 Å². The minimum atomic E-state index is -4.34. The van der Waals surface area contributed by atoms with Gasteiger partial charge in [0, 0.05) is 16.9 Å². The number of rotatable bonds is 1. The Labute approximate surface area is 101 Å². The number of hydrogen-bond donors (Lipinski definition) is 1. The smallest absolute Gasteiger partial charge is 0.446 e. The molecular weight excluding hydrogens is 253 g/mol. The van der Waals surface area contributed by atoms with Crippen molar-refractivity contribution in [1.82, 2.24) is 0 Å². The average molecular weight is 264 g/mol. The lowest BCUT2D eigenvalue weighted by molar-refractivity contribution is -0.0328. The van der Waals surface area contributed by atoms with Crippen LogP contribution in [0.15, 0.2) is 17.0 Å². The molecule has 94 valence electrons. The van der Waals surface area contributed by atoms with Crippen LogP contribution < -0.4 is 4.74 Å². The molecule has 0 amide bonds. The van der Waals surface area contributed by atoms with E-state index in [0.29, 0.717) is 12.0 Å². The van der Waals surface area contributed by atoms with Crippen molar-refractivity contribution in [2.45, 2.75) is 36.3 Å². The lowest BCUT2D eigenvalue weighted by atomic mass is 10.0. The van der Waals surface area contributed by atoms with Crippen LogP contribution in [-0.4, -0.2) is 16.2 Å². The third-order valence-corrected chi connectivity index (χ3v) is 3.24. The van der Waals surface area contributed by atoms with E-state index in [1.807, 2.05) is 0 Å². The second kappa shape index (κ2) is 3.73. The van der Waals surface area contributed by atoms with Crippen molar-refractivity contribution >= 4 is 11.8 Å². The number of thioether (sulfide) groups is 1. The molecule has 0 bridgehead atoms. The van der Waals surface area contributed by atoms with Gasteiger partial charge in [0.25, 0.3) is 0 Å². The van der Waals surface area contributed by atoms with E-state index < -0.39 is 11.1 Å². The molecule has 0 saturated carbocycles. The lowest BCUT2D eigenvalue weighted by Crippen LogP contribution is -2.24. The van der Waals surface area contributed by atoms with E-state index >= 15 is 0 Å². The van der Waals surface area contributed by atoms with E-state index in [4.69, 9.17) is 4.74 Å². The standard InChI is InChI=1S/C11H11F3O2S/c1-10(2)5-6-8(17-11(12,13)14)4-3-7(15)9(6)16-10/h3-4,15H,5H2,1-2H3. The van der Waals surface area contributed by atoms with E-state index in [-0.39, 0.29) is 28.2 Å². The summed E-state index contributed by atoms with van der Waals surface area (Å²) in [5.74, 6) is 0.0568. The van der Waals surface area contributed by atoms with E-state index in [0.717, 1.165) is 0 Å². The summed E-state index contributed by atoms with van der Waals surface area (Å²) >= 11 is -0.176. The fourth-order valence-electron chi connectivity index (χ4n) is 1.84. The molecule has 2 nitrogen and oxygen atoms in total. The Kier molecular flexibility index (Phi) is 2.72. The zero-order chi connectivity index (χ0) is 12.8. The Bertz CT molecular complexity index is 455. The largest absolute Gasteiger partial charge is 0.504 e. The Morgan fingerprint density at radius 3 is 2.59 bits per heavy atom. The van der Waals surface area contributed by atoms with Crippen molar-refractivity contribution in [2.24, 2.45) is 0 Å². The number of benzene rings is 1. The summed E-state index contributed by atoms with van der Waals surface area (Å²) < 4.78 is 42.5. The van der Waals surface area contributed by atoms with Crippen molar-refractivity contribution in [3.63, 3.8) is 0 Å². The predicted molar refractivity (Wildman–Crippen MR) is 58.4 cm³/mol. The number of halogens is 3. The molecule has 2 rings (SSSR count). The molecule has 1 aromatic carbocycles. The van der Waals surface area contributed by atoms with E-state index in [1.165, 1.54) is 12.1 Å². The Balaban J connectivity index is 2.42. The summed E-state index contributed by atoms with van der Waals surface area (Å²) in [5.41, 5.74) is -4.49. The molecule has 0 aliphatic carbocycles. The first-order valence-electron chi connectivity index (χ1n) is 4.97. The highest BCUT2D eigenvalue weighted by Gasteiger charge is 2.37. The molecule has 0 unspecified atom stereocenters. The van der Waals surface area contributed by atoms with Crippen LogP contribution in [0.4, 0.5) is 13.2 Å². The number of hydrogen-bond acceptors (Lipinski definition) is 3. The molecule has 0 atom stereocenters. The maximum atomic E-state index is 12.4. The van der Waals surface area contributed by atoms with Crippen molar-refractivity contribution < 1.29 is 23.0 Å². The van der Waals surface area contributed by atoms with Gasteiger partial charge in [0.05, 0.1) is 0 Å².